The average Bonchev–Trinajstić information content (AvgIpc) is 3.38. The Morgan fingerprint density at radius 3 is 2.26 bits per heavy atom. The van der Waals surface area contributed by atoms with Crippen LogP contribution in [-0.4, -0.2) is 48.9 Å². The SMILES string of the molecule is CNC(=O)c1c(-c2ccc(F)cc2)oc2cc3c(cc12)-c1cc(cc(C(NC(C)(C)C)OC)c1)NC(=S)NCCCCNC(=S)N3. The van der Waals surface area contributed by atoms with Crippen LogP contribution in [0.25, 0.3) is 33.4 Å². The summed E-state index contributed by atoms with van der Waals surface area (Å²) in [7, 11) is 3.22. The van der Waals surface area contributed by atoms with Crippen molar-refractivity contribution in [3.63, 3.8) is 0 Å². The number of furan rings is 1. The highest BCUT2D eigenvalue weighted by molar-refractivity contribution is 7.80. The molecule has 46 heavy (non-hydrogen) atoms. The van der Waals surface area contributed by atoms with Gasteiger partial charge in [-0.05, 0) is 118 Å². The molecule has 1 aliphatic rings. The predicted molar refractivity (Wildman–Crippen MR) is 191 cm³/mol. The van der Waals surface area contributed by atoms with E-state index in [4.69, 9.17) is 33.6 Å². The van der Waals surface area contributed by atoms with E-state index in [1.54, 1.807) is 26.3 Å². The Labute approximate surface area is 279 Å². The number of hydrogen-bond acceptors (Lipinski definition) is 6. The highest BCUT2D eigenvalue weighted by Gasteiger charge is 2.25. The predicted octanol–water partition coefficient (Wildman–Crippen LogP) is 6.67. The zero-order chi connectivity index (χ0) is 33.0. The van der Waals surface area contributed by atoms with Crippen LogP contribution in [0.5, 0.6) is 0 Å². The highest BCUT2D eigenvalue weighted by atomic mass is 32.1. The molecule has 1 aliphatic heterocycles. The van der Waals surface area contributed by atoms with Crippen molar-refractivity contribution in [1.29, 1.82) is 0 Å². The molecule has 6 N–H and O–H groups in total. The molecule has 5 rings (SSSR count). The number of anilines is 2. The third kappa shape index (κ3) is 7.81. The summed E-state index contributed by atoms with van der Waals surface area (Å²) < 4.78 is 26.1. The van der Waals surface area contributed by atoms with Crippen LogP contribution in [0, 0.1) is 5.82 Å². The standard InChI is InChI=1S/C34H39FN6O3S2/c1-34(2,3)41-31(43-5)21-14-20-15-23(16-21)39-32(45)37-12-6-7-13-38-33(46)40-26-18-27-25(17-24(20)26)28(30(42)36-4)29(44-27)19-8-10-22(35)11-9-19/h8-11,14-18,31,41H,6-7,12-13H2,1-5H3,(H,36,42)(H2,37,39,45)(H2,38,40,46). The first-order valence-corrected chi connectivity index (χ1v) is 15.9. The number of thiocarbonyl (C=S) groups is 2. The maximum atomic E-state index is 13.8. The fourth-order valence-electron chi connectivity index (χ4n) is 5.34. The van der Waals surface area contributed by atoms with E-state index >= 15 is 0 Å². The summed E-state index contributed by atoms with van der Waals surface area (Å²) in [5.41, 5.74) is 5.01. The molecule has 1 aromatic heterocycles. The van der Waals surface area contributed by atoms with E-state index in [2.05, 4.69) is 52.7 Å². The Bertz CT molecular complexity index is 1770. The number of carbonyl (C=O) groups excluding carboxylic acids is 1. The van der Waals surface area contributed by atoms with E-state index in [9.17, 15) is 9.18 Å². The van der Waals surface area contributed by atoms with Gasteiger partial charge >= 0.3 is 0 Å². The molecule has 0 radical (unpaired) electrons. The molecule has 12 heteroatoms. The number of halogens is 1. The second kappa shape index (κ2) is 14.1. The lowest BCUT2D eigenvalue weighted by atomic mass is 9.96. The van der Waals surface area contributed by atoms with Crippen molar-refractivity contribution in [2.45, 2.75) is 45.4 Å². The van der Waals surface area contributed by atoms with Gasteiger partial charge in [-0.15, -0.1) is 0 Å². The van der Waals surface area contributed by atoms with Crippen LogP contribution in [0.4, 0.5) is 15.8 Å². The summed E-state index contributed by atoms with van der Waals surface area (Å²) in [4.78, 5) is 13.4. The lowest BCUT2D eigenvalue weighted by Gasteiger charge is -2.28. The highest BCUT2D eigenvalue weighted by Crippen LogP contribution is 2.41. The second-order valence-corrected chi connectivity index (χ2v) is 12.9. The van der Waals surface area contributed by atoms with Gasteiger partial charge in [0.2, 0.25) is 0 Å². The lowest BCUT2D eigenvalue weighted by molar-refractivity contribution is 0.0515. The zero-order valence-corrected chi connectivity index (χ0v) is 28.2. The van der Waals surface area contributed by atoms with Gasteiger partial charge in [-0.25, -0.2) is 4.39 Å². The minimum atomic E-state index is -0.438. The van der Waals surface area contributed by atoms with Gasteiger partial charge in [-0.2, -0.15) is 0 Å². The first-order valence-electron chi connectivity index (χ1n) is 15.1. The van der Waals surface area contributed by atoms with Crippen molar-refractivity contribution in [3.8, 4) is 22.5 Å². The molecule has 0 fully saturated rings. The largest absolute Gasteiger partial charge is 0.455 e. The summed E-state index contributed by atoms with van der Waals surface area (Å²) in [6, 6.07) is 15.6. The fraction of sp³-hybridized carbons (Fsp3) is 0.324. The van der Waals surface area contributed by atoms with Crippen LogP contribution in [0.3, 0.4) is 0 Å². The molecule has 2 bridgehead atoms. The van der Waals surface area contributed by atoms with Crippen molar-refractivity contribution in [2.75, 3.05) is 37.9 Å². The van der Waals surface area contributed by atoms with E-state index in [1.807, 2.05) is 30.3 Å². The molecule has 3 aromatic carbocycles. The van der Waals surface area contributed by atoms with Crippen molar-refractivity contribution in [2.24, 2.45) is 0 Å². The summed E-state index contributed by atoms with van der Waals surface area (Å²) in [6.45, 7) is 7.61. The maximum absolute atomic E-state index is 13.8. The smallest absolute Gasteiger partial charge is 0.255 e. The molecule has 1 unspecified atom stereocenters. The second-order valence-electron chi connectivity index (χ2n) is 12.1. The number of methoxy groups -OCH3 is 1. The number of benzene rings is 3. The summed E-state index contributed by atoms with van der Waals surface area (Å²) in [5.74, 6) is -0.381. The molecule has 0 spiro atoms. The molecule has 0 saturated carbocycles. The van der Waals surface area contributed by atoms with Crippen LogP contribution >= 0.6 is 24.4 Å². The van der Waals surface area contributed by atoms with Gasteiger partial charge in [0.1, 0.15) is 23.4 Å². The van der Waals surface area contributed by atoms with Crippen molar-refractivity contribution < 1.29 is 18.3 Å². The molecule has 2 heterocycles. The topological polar surface area (TPSA) is 112 Å². The van der Waals surface area contributed by atoms with Crippen LogP contribution in [-0.2, 0) is 4.74 Å². The van der Waals surface area contributed by atoms with Crippen LogP contribution < -0.4 is 31.9 Å². The molecule has 4 aromatic rings. The summed E-state index contributed by atoms with van der Waals surface area (Å²) >= 11 is 11.3. The Balaban J connectivity index is 1.77. The van der Waals surface area contributed by atoms with Gasteiger partial charge in [0, 0.05) is 61.1 Å². The van der Waals surface area contributed by atoms with Gasteiger partial charge < -0.3 is 35.7 Å². The minimum absolute atomic E-state index is 0.240. The molecule has 0 aliphatic carbocycles. The van der Waals surface area contributed by atoms with E-state index in [0.717, 1.165) is 35.2 Å². The monoisotopic (exact) mass is 662 g/mol. The quantitative estimate of drug-likeness (QED) is 0.102. The number of hydrogen-bond donors (Lipinski definition) is 6. The fourth-order valence-corrected chi connectivity index (χ4v) is 5.77. The number of fused-ring (bicyclic) bond motifs is 5. The average molecular weight is 663 g/mol. The lowest BCUT2D eigenvalue weighted by Crippen LogP contribution is -2.39. The van der Waals surface area contributed by atoms with Gasteiger partial charge in [0.15, 0.2) is 10.2 Å². The molecule has 242 valence electrons. The van der Waals surface area contributed by atoms with Crippen molar-refractivity contribution in [1.82, 2.24) is 21.3 Å². The third-order valence-electron chi connectivity index (χ3n) is 7.44. The van der Waals surface area contributed by atoms with Crippen LogP contribution in [0.1, 0.15) is 55.8 Å². The Kier molecular flexibility index (Phi) is 10.2. The summed E-state index contributed by atoms with van der Waals surface area (Å²) in [6.07, 6.45) is 1.33. The molecule has 1 atom stereocenters. The van der Waals surface area contributed by atoms with Gasteiger partial charge in [-0.3, -0.25) is 10.1 Å². The Morgan fingerprint density at radius 1 is 0.957 bits per heavy atom. The molecular formula is C34H39FN6O3S2. The normalized spacial score (nSPS) is 14.9. The van der Waals surface area contributed by atoms with Crippen LogP contribution in [0.2, 0.25) is 0 Å². The number of amides is 1. The van der Waals surface area contributed by atoms with Crippen molar-refractivity contribution in [3.05, 3.63) is 71.5 Å². The molecule has 1 amide bonds. The minimum Gasteiger partial charge on any atom is -0.455 e. The van der Waals surface area contributed by atoms with E-state index < -0.39 is 6.23 Å². The van der Waals surface area contributed by atoms with Crippen LogP contribution in [0.15, 0.2) is 59.0 Å². The zero-order valence-electron chi connectivity index (χ0n) is 26.5. The number of carbonyl (C=O) groups is 1. The van der Waals surface area contributed by atoms with E-state index in [-0.39, 0.29) is 17.3 Å². The molecule has 0 saturated heterocycles. The Morgan fingerprint density at radius 2 is 1.63 bits per heavy atom. The Hall–Kier alpha value is -4.10. The number of ether oxygens (including phenoxy) is 1. The third-order valence-corrected chi connectivity index (χ3v) is 7.93. The number of rotatable bonds is 5. The molecule has 9 nitrogen and oxygen atoms in total. The van der Waals surface area contributed by atoms with Gasteiger partial charge in [-0.1, -0.05) is 0 Å². The van der Waals surface area contributed by atoms with E-state index in [1.165, 1.54) is 12.1 Å². The maximum Gasteiger partial charge on any atom is 0.255 e. The summed E-state index contributed by atoms with van der Waals surface area (Å²) in [5, 5.41) is 21.1. The van der Waals surface area contributed by atoms with Gasteiger partial charge in [0.05, 0.1) is 11.3 Å². The number of nitrogens with one attached hydrogen (secondary N) is 6. The first kappa shape index (κ1) is 33.3. The van der Waals surface area contributed by atoms with E-state index in [0.29, 0.717) is 56.9 Å². The first-order chi connectivity index (χ1) is 22.0. The molecular weight excluding hydrogens is 624 g/mol. The van der Waals surface area contributed by atoms with Gasteiger partial charge in [0.25, 0.3) is 5.91 Å². The van der Waals surface area contributed by atoms with Crippen molar-refractivity contribution >= 4 is 62.9 Å².